The van der Waals surface area contributed by atoms with Crippen LogP contribution in [0.15, 0.2) is 42.5 Å². The Morgan fingerprint density at radius 3 is 2.73 bits per heavy atom. The fourth-order valence-electron chi connectivity index (χ4n) is 4.43. The Hall–Kier alpha value is -2.87. The fraction of sp³-hybridized carbons (Fsp3) is 0.409. The summed E-state index contributed by atoms with van der Waals surface area (Å²) in [6.07, 6.45) is 0.409. The van der Waals surface area contributed by atoms with Crippen LogP contribution in [-0.2, 0) is 6.54 Å². The predicted molar refractivity (Wildman–Crippen MR) is 108 cm³/mol. The second-order valence-corrected chi connectivity index (χ2v) is 7.89. The predicted octanol–water partition coefficient (Wildman–Crippen LogP) is 3.71. The molecule has 0 saturated carbocycles. The van der Waals surface area contributed by atoms with Crippen molar-refractivity contribution in [3.63, 3.8) is 0 Å². The zero-order valence-electron chi connectivity index (χ0n) is 16.8. The Kier molecular flexibility index (Phi) is 5.51. The summed E-state index contributed by atoms with van der Waals surface area (Å²) >= 11 is 0. The van der Waals surface area contributed by atoms with Crippen LogP contribution in [0.5, 0.6) is 5.75 Å². The van der Waals surface area contributed by atoms with Crippen LogP contribution < -0.4 is 15.2 Å². The van der Waals surface area contributed by atoms with E-state index in [0.717, 1.165) is 5.12 Å². The molecule has 1 unspecified atom stereocenters. The molecular formula is C22H25F2N3O3. The molecule has 2 N–H and O–H groups in total. The van der Waals surface area contributed by atoms with Gasteiger partial charge in [0.15, 0.2) is 0 Å². The molecule has 1 atom stereocenters. The first kappa shape index (κ1) is 20.4. The molecule has 8 heteroatoms. The average Bonchev–Trinajstić information content (AvgIpc) is 2.77. The number of aliphatic hydroxyl groups is 1. The summed E-state index contributed by atoms with van der Waals surface area (Å²) in [4.78, 5) is 14.2. The first-order chi connectivity index (χ1) is 14.4. The van der Waals surface area contributed by atoms with Gasteiger partial charge in [-0.25, -0.2) is 14.3 Å². The van der Waals surface area contributed by atoms with Crippen molar-refractivity contribution in [2.75, 3.05) is 25.3 Å². The molecule has 2 aliphatic rings. The summed E-state index contributed by atoms with van der Waals surface area (Å²) in [5.41, 5.74) is 0.851. The zero-order chi connectivity index (χ0) is 21.3. The highest BCUT2D eigenvalue weighted by molar-refractivity contribution is 5.74. The van der Waals surface area contributed by atoms with Gasteiger partial charge in [0, 0.05) is 43.2 Å². The normalized spacial score (nSPS) is 20.1. The van der Waals surface area contributed by atoms with Crippen LogP contribution in [0.1, 0.15) is 36.5 Å². The molecular weight excluding hydrogens is 392 g/mol. The topological polar surface area (TPSA) is 65.0 Å². The second kappa shape index (κ2) is 8.10. The fourth-order valence-corrected chi connectivity index (χ4v) is 4.43. The number of nitrogens with zero attached hydrogens (tertiary/aromatic N) is 2. The van der Waals surface area contributed by atoms with E-state index >= 15 is 4.48 Å². The van der Waals surface area contributed by atoms with E-state index in [4.69, 9.17) is 4.74 Å². The van der Waals surface area contributed by atoms with Gasteiger partial charge in [0.25, 0.3) is 0 Å². The number of methoxy groups -OCH3 is 1. The number of amides is 2. The van der Waals surface area contributed by atoms with Crippen LogP contribution in [0.3, 0.4) is 0 Å². The molecule has 1 saturated heterocycles. The number of nitrogens with one attached hydrogen (secondary N) is 1. The van der Waals surface area contributed by atoms with Gasteiger partial charge >= 0.3 is 6.03 Å². The number of likely N-dealkylation sites (tertiary alicyclic amines) is 1. The number of urea groups is 1. The van der Waals surface area contributed by atoms with Crippen molar-refractivity contribution >= 4 is 11.7 Å². The number of piperidine rings is 1. The lowest BCUT2D eigenvalue weighted by Crippen LogP contribution is -2.57. The third-order valence-electron chi connectivity index (χ3n) is 6.16. The molecule has 30 heavy (non-hydrogen) atoms. The number of carbonyl (C=O) groups excluding carboxylic acids is 1. The lowest BCUT2D eigenvalue weighted by molar-refractivity contribution is 0.0567. The van der Waals surface area contributed by atoms with Gasteiger partial charge in [0.2, 0.25) is 0 Å². The third-order valence-corrected chi connectivity index (χ3v) is 6.16. The van der Waals surface area contributed by atoms with E-state index in [2.05, 4.69) is 5.32 Å². The molecule has 2 aromatic rings. The van der Waals surface area contributed by atoms with Gasteiger partial charge in [-0.1, -0.05) is 28.7 Å². The van der Waals surface area contributed by atoms with Gasteiger partial charge in [0.1, 0.15) is 11.6 Å². The van der Waals surface area contributed by atoms with Gasteiger partial charge in [-0.2, -0.15) is 0 Å². The van der Waals surface area contributed by atoms with Gasteiger partial charge in [-0.15, -0.1) is 0 Å². The Labute approximate surface area is 174 Å². The molecule has 0 aliphatic carbocycles. The zero-order valence-corrected chi connectivity index (χ0v) is 16.8. The van der Waals surface area contributed by atoms with Crippen LogP contribution >= 0.6 is 0 Å². The summed E-state index contributed by atoms with van der Waals surface area (Å²) in [6.45, 7) is 0.953. The molecule has 4 rings (SSSR count). The maximum absolute atomic E-state index is 15.3. The number of hydrogen-bond acceptors (Lipinski definition) is 4. The minimum atomic E-state index is -0.815. The van der Waals surface area contributed by atoms with Crippen LogP contribution in [0, 0.1) is 5.82 Å². The van der Waals surface area contributed by atoms with E-state index in [9.17, 15) is 14.3 Å². The quantitative estimate of drug-likeness (QED) is 0.748. The molecule has 2 heterocycles. The van der Waals surface area contributed by atoms with Crippen LogP contribution in [0.4, 0.5) is 19.4 Å². The van der Waals surface area contributed by atoms with Crippen molar-refractivity contribution in [1.29, 1.82) is 0 Å². The number of fused-ring (bicyclic) bond motifs is 1. The maximum Gasteiger partial charge on any atom is 0.317 e. The number of benzene rings is 2. The lowest BCUT2D eigenvalue weighted by Gasteiger charge is -2.49. The first-order valence-electron chi connectivity index (χ1n) is 10.0. The number of rotatable bonds is 3. The van der Waals surface area contributed by atoms with E-state index in [0.29, 0.717) is 54.9 Å². The van der Waals surface area contributed by atoms with Gasteiger partial charge in [-0.05, 0) is 25.0 Å². The molecule has 6 nitrogen and oxygen atoms in total. The lowest BCUT2D eigenvalue weighted by atomic mass is 9.77. The van der Waals surface area contributed by atoms with Crippen molar-refractivity contribution < 1.29 is 23.5 Å². The van der Waals surface area contributed by atoms with Crippen LogP contribution in [0.25, 0.3) is 0 Å². The van der Waals surface area contributed by atoms with E-state index in [-0.39, 0.29) is 12.6 Å². The third kappa shape index (κ3) is 3.67. The number of hydrogen-bond donors (Lipinski definition) is 2. The number of anilines is 1. The minimum absolute atomic E-state index is 0.200. The van der Waals surface area contributed by atoms with Crippen LogP contribution in [-0.4, -0.2) is 41.8 Å². The smallest absolute Gasteiger partial charge is 0.317 e. The standard InChI is InChI=1S/C22H25F2N3O3/c1-30-20-12-16(23)7-6-15(20)14-25-21(29)26-10-8-22(9-11-26)13-19(28)17-4-2-3-5-18(17)27(22)24/h2-7,12,19,28H,8-11,13-14H2,1H3,(H,25,29). The number of para-hydroxylation sites is 1. The van der Waals surface area contributed by atoms with E-state index in [1.807, 2.05) is 0 Å². The highest BCUT2D eigenvalue weighted by atomic mass is 19.2. The molecule has 2 aliphatic heterocycles. The SMILES string of the molecule is COc1cc(F)ccc1CNC(=O)N1CCC2(CC1)CC(O)c1ccccc1N2F. The average molecular weight is 417 g/mol. The largest absolute Gasteiger partial charge is 0.496 e. The van der Waals surface area contributed by atoms with Gasteiger partial charge in [-0.3, -0.25) is 0 Å². The summed E-state index contributed by atoms with van der Waals surface area (Å²) in [5.74, 6) is -0.0360. The van der Waals surface area contributed by atoms with Crippen molar-refractivity contribution in [2.24, 2.45) is 0 Å². The van der Waals surface area contributed by atoms with Crippen molar-refractivity contribution in [3.8, 4) is 5.75 Å². The molecule has 160 valence electrons. The number of aliphatic hydroxyl groups excluding tert-OH is 1. The molecule has 0 radical (unpaired) electrons. The van der Waals surface area contributed by atoms with Crippen molar-refractivity contribution in [1.82, 2.24) is 10.2 Å². The molecule has 0 aromatic heterocycles. The Balaban J connectivity index is 1.38. The van der Waals surface area contributed by atoms with E-state index in [1.165, 1.54) is 19.2 Å². The molecule has 2 aromatic carbocycles. The van der Waals surface area contributed by atoms with E-state index in [1.54, 1.807) is 35.2 Å². The maximum atomic E-state index is 15.3. The van der Waals surface area contributed by atoms with Gasteiger partial charge in [0.05, 0.1) is 24.4 Å². The Morgan fingerprint density at radius 1 is 1.27 bits per heavy atom. The monoisotopic (exact) mass is 417 g/mol. The number of carbonyl (C=O) groups is 1. The highest BCUT2D eigenvalue weighted by Gasteiger charge is 2.47. The first-order valence-corrected chi connectivity index (χ1v) is 10.0. The summed E-state index contributed by atoms with van der Waals surface area (Å²) in [7, 11) is 1.45. The minimum Gasteiger partial charge on any atom is -0.496 e. The van der Waals surface area contributed by atoms with Crippen molar-refractivity contribution in [2.45, 2.75) is 37.5 Å². The molecule has 2 amide bonds. The van der Waals surface area contributed by atoms with E-state index < -0.39 is 17.5 Å². The molecule has 1 spiro atoms. The summed E-state index contributed by atoms with van der Waals surface area (Å²) < 4.78 is 33.7. The summed E-state index contributed by atoms with van der Waals surface area (Å²) in [5, 5.41) is 14.1. The van der Waals surface area contributed by atoms with Crippen LogP contribution in [0.2, 0.25) is 0 Å². The number of halogens is 2. The van der Waals surface area contributed by atoms with Gasteiger partial charge < -0.3 is 20.1 Å². The Bertz CT molecular complexity index is 932. The molecule has 0 bridgehead atoms. The summed E-state index contributed by atoms with van der Waals surface area (Å²) in [6, 6.07) is 10.9. The highest BCUT2D eigenvalue weighted by Crippen LogP contribution is 2.47. The molecule has 1 fully saturated rings. The van der Waals surface area contributed by atoms with Crippen molar-refractivity contribution in [3.05, 3.63) is 59.4 Å². The number of ether oxygens (including phenoxy) is 1. The Morgan fingerprint density at radius 2 is 2.00 bits per heavy atom. The second-order valence-electron chi connectivity index (χ2n) is 7.89.